The summed E-state index contributed by atoms with van der Waals surface area (Å²) in [4.78, 5) is 6.86. The van der Waals surface area contributed by atoms with Crippen LogP contribution in [-0.4, -0.2) is 37.4 Å². The van der Waals surface area contributed by atoms with Gasteiger partial charge in [-0.05, 0) is 12.8 Å². The third-order valence-electron chi connectivity index (χ3n) is 3.32. The van der Waals surface area contributed by atoms with Crippen molar-refractivity contribution in [3.8, 4) is 0 Å². The van der Waals surface area contributed by atoms with Gasteiger partial charge in [0.15, 0.2) is 0 Å². The molecule has 0 saturated carbocycles. The second kappa shape index (κ2) is 5.01. The first-order valence-corrected chi connectivity index (χ1v) is 7.07. The SMILES string of the molecule is CCc1nsc(N2CCC(n3ccnn3)CC2)n1. The molecule has 96 valence electrons. The van der Waals surface area contributed by atoms with Gasteiger partial charge in [0.25, 0.3) is 0 Å². The molecule has 0 radical (unpaired) electrons. The fraction of sp³-hybridized carbons (Fsp3) is 0.636. The fourth-order valence-corrected chi connectivity index (χ4v) is 3.05. The highest BCUT2D eigenvalue weighted by atomic mass is 32.1. The molecule has 6 nitrogen and oxygen atoms in total. The zero-order chi connectivity index (χ0) is 12.4. The molecular formula is C11H16N6S. The first-order valence-electron chi connectivity index (χ1n) is 6.30. The summed E-state index contributed by atoms with van der Waals surface area (Å²) in [6, 6.07) is 0.474. The second-order valence-corrected chi connectivity index (χ2v) is 5.18. The van der Waals surface area contributed by atoms with Crippen LogP contribution in [0.5, 0.6) is 0 Å². The number of hydrogen-bond donors (Lipinski definition) is 0. The van der Waals surface area contributed by atoms with E-state index in [2.05, 4.69) is 31.5 Å². The number of aromatic nitrogens is 5. The first-order chi connectivity index (χ1) is 8.86. The molecule has 0 atom stereocenters. The third-order valence-corrected chi connectivity index (χ3v) is 4.14. The van der Waals surface area contributed by atoms with Crippen LogP contribution in [0.2, 0.25) is 0 Å². The van der Waals surface area contributed by atoms with Crippen molar-refractivity contribution >= 4 is 16.7 Å². The molecule has 1 aliphatic heterocycles. The van der Waals surface area contributed by atoms with Crippen LogP contribution in [0, 0.1) is 0 Å². The van der Waals surface area contributed by atoms with Crippen molar-refractivity contribution in [3.63, 3.8) is 0 Å². The summed E-state index contributed by atoms with van der Waals surface area (Å²) in [5.74, 6) is 0.952. The Labute approximate surface area is 110 Å². The van der Waals surface area contributed by atoms with Crippen molar-refractivity contribution in [1.29, 1.82) is 0 Å². The minimum atomic E-state index is 0.474. The van der Waals surface area contributed by atoms with Crippen molar-refractivity contribution in [2.45, 2.75) is 32.2 Å². The van der Waals surface area contributed by atoms with Gasteiger partial charge in [-0.2, -0.15) is 4.37 Å². The van der Waals surface area contributed by atoms with Crippen LogP contribution in [0.3, 0.4) is 0 Å². The standard InChI is InChI=1S/C11H16N6S/c1-2-10-13-11(18-14-10)16-6-3-9(4-7-16)17-8-5-12-15-17/h5,8-9H,2-4,6-7H2,1H3. The molecule has 0 N–H and O–H groups in total. The van der Waals surface area contributed by atoms with Crippen LogP contribution in [0.25, 0.3) is 0 Å². The van der Waals surface area contributed by atoms with Crippen molar-refractivity contribution in [1.82, 2.24) is 24.4 Å². The fourth-order valence-electron chi connectivity index (χ4n) is 2.25. The van der Waals surface area contributed by atoms with Gasteiger partial charge in [0.05, 0.1) is 12.2 Å². The van der Waals surface area contributed by atoms with E-state index in [0.717, 1.165) is 43.3 Å². The largest absolute Gasteiger partial charge is 0.347 e. The van der Waals surface area contributed by atoms with Crippen molar-refractivity contribution in [2.75, 3.05) is 18.0 Å². The van der Waals surface area contributed by atoms with Gasteiger partial charge < -0.3 is 4.90 Å². The highest BCUT2D eigenvalue weighted by molar-refractivity contribution is 7.09. The van der Waals surface area contributed by atoms with Gasteiger partial charge in [0.1, 0.15) is 5.82 Å². The molecule has 1 saturated heterocycles. The normalized spacial score (nSPS) is 17.3. The zero-order valence-corrected chi connectivity index (χ0v) is 11.2. The van der Waals surface area contributed by atoms with Crippen molar-refractivity contribution in [3.05, 3.63) is 18.2 Å². The minimum absolute atomic E-state index is 0.474. The third kappa shape index (κ3) is 2.22. The molecule has 0 aliphatic carbocycles. The number of piperidine rings is 1. The van der Waals surface area contributed by atoms with Crippen LogP contribution < -0.4 is 4.90 Å². The van der Waals surface area contributed by atoms with Gasteiger partial charge in [-0.15, -0.1) is 5.10 Å². The Bertz CT molecular complexity index is 485. The van der Waals surface area contributed by atoms with Crippen molar-refractivity contribution < 1.29 is 0 Å². The van der Waals surface area contributed by atoms with E-state index in [0.29, 0.717) is 6.04 Å². The van der Waals surface area contributed by atoms with Gasteiger partial charge in [-0.25, -0.2) is 9.67 Å². The molecule has 3 rings (SSSR count). The van der Waals surface area contributed by atoms with E-state index < -0.39 is 0 Å². The highest BCUT2D eigenvalue weighted by Gasteiger charge is 2.23. The summed E-state index contributed by atoms with van der Waals surface area (Å²) in [5.41, 5.74) is 0. The van der Waals surface area contributed by atoms with Gasteiger partial charge >= 0.3 is 0 Å². The van der Waals surface area contributed by atoms with E-state index in [9.17, 15) is 0 Å². The second-order valence-electron chi connectivity index (χ2n) is 4.45. The van der Waals surface area contributed by atoms with Gasteiger partial charge in [-0.1, -0.05) is 12.1 Å². The molecular weight excluding hydrogens is 248 g/mol. The molecule has 0 unspecified atom stereocenters. The van der Waals surface area contributed by atoms with E-state index in [1.54, 1.807) is 6.20 Å². The van der Waals surface area contributed by atoms with E-state index >= 15 is 0 Å². The lowest BCUT2D eigenvalue weighted by Crippen LogP contribution is -2.34. The van der Waals surface area contributed by atoms with Crippen molar-refractivity contribution in [2.24, 2.45) is 0 Å². The molecule has 7 heteroatoms. The molecule has 3 heterocycles. The topological polar surface area (TPSA) is 59.7 Å². The lowest BCUT2D eigenvalue weighted by atomic mass is 10.1. The molecule has 0 spiro atoms. The van der Waals surface area contributed by atoms with E-state index in [-0.39, 0.29) is 0 Å². The Morgan fingerprint density at radius 2 is 2.22 bits per heavy atom. The molecule has 18 heavy (non-hydrogen) atoms. The first kappa shape index (κ1) is 11.6. The van der Waals surface area contributed by atoms with E-state index in [4.69, 9.17) is 0 Å². The number of aryl methyl sites for hydroxylation is 1. The monoisotopic (exact) mass is 264 g/mol. The highest BCUT2D eigenvalue weighted by Crippen LogP contribution is 2.26. The summed E-state index contributed by atoms with van der Waals surface area (Å²) in [6.07, 6.45) is 6.77. The van der Waals surface area contributed by atoms with Gasteiger partial charge in [0, 0.05) is 37.2 Å². The Balaban J connectivity index is 1.63. The van der Waals surface area contributed by atoms with Crippen LogP contribution >= 0.6 is 11.5 Å². The quantitative estimate of drug-likeness (QED) is 0.841. The van der Waals surface area contributed by atoms with Gasteiger partial charge in [0.2, 0.25) is 5.13 Å². The molecule has 0 bridgehead atoms. The maximum absolute atomic E-state index is 4.54. The Hall–Kier alpha value is -1.50. The van der Waals surface area contributed by atoms with Crippen LogP contribution in [0.1, 0.15) is 31.6 Å². The smallest absolute Gasteiger partial charge is 0.205 e. The Morgan fingerprint density at radius 3 is 2.83 bits per heavy atom. The van der Waals surface area contributed by atoms with Gasteiger partial charge in [-0.3, -0.25) is 0 Å². The van der Waals surface area contributed by atoms with E-state index in [1.807, 2.05) is 10.9 Å². The number of hydrogen-bond acceptors (Lipinski definition) is 6. The van der Waals surface area contributed by atoms with Crippen LogP contribution in [0.15, 0.2) is 12.4 Å². The summed E-state index contributed by atoms with van der Waals surface area (Å²) in [5, 5.41) is 9.01. The number of anilines is 1. The number of nitrogens with zero attached hydrogens (tertiary/aromatic N) is 6. The lowest BCUT2D eigenvalue weighted by molar-refractivity contribution is 0.360. The molecule has 1 aliphatic rings. The summed E-state index contributed by atoms with van der Waals surface area (Å²) in [7, 11) is 0. The molecule has 0 aromatic carbocycles. The average Bonchev–Trinajstić information content (AvgIpc) is 3.10. The predicted octanol–water partition coefficient (Wildman–Crippen LogP) is 1.53. The lowest BCUT2D eigenvalue weighted by Gasteiger charge is -2.31. The molecule has 2 aromatic heterocycles. The summed E-state index contributed by atoms with van der Waals surface area (Å²) < 4.78 is 6.31. The van der Waals surface area contributed by atoms with Crippen LogP contribution in [0.4, 0.5) is 5.13 Å². The minimum Gasteiger partial charge on any atom is -0.347 e. The maximum Gasteiger partial charge on any atom is 0.205 e. The average molecular weight is 264 g/mol. The Morgan fingerprint density at radius 1 is 1.39 bits per heavy atom. The predicted molar refractivity (Wildman–Crippen MR) is 69.8 cm³/mol. The summed E-state index contributed by atoms with van der Waals surface area (Å²) >= 11 is 1.51. The number of rotatable bonds is 3. The molecule has 1 fully saturated rings. The van der Waals surface area contributed by atoms with Crippen LogP contribution in [-0.2, 0) is 6.42 Å². The van der Waals surface area contributed by atoms with E-state index in [1.165, 1.54) is 11.5 Å². The zero-order valence-electron chi connectivity index (χ0n) is 10.4. The summed E-state index contributed by atoms with van der Waals surface area (Å²) in [6.45, 7) is 4.12. The maximum atomic E-state index is 4.54. The molecule has 0 amide bonds. The Kier molecular flexibility index (Phi) is 3.22. The molecule has 2 aromatic rings.